The fourth-order valence-corrected chi connectivity index (χ4v) is 9.15. The number of rotatable bonds is 62. The number of ether oxygens (including phenoxy) is 4. The number of carboxylic acids is 1. The van der Waals surface area contributed by atoms with E-state index in [1.807, 2.05) is 21.1 Å². The van der Waals surface area contributed by atoms with Crippen LogP contribution in [0, 0.1) is 0 Å². The van der Waals surface area contributed by atoms with E-state index in [0.29, 0.717) is 17.4 Å². The summed E-state index contributed by atoms with van der Waals surface area (Å²) in [6, 6.07) is 0. The molecule has 0 amide bonds. The summed E-state index contributed by atoms with van der Waals surface area (Å²) in [7, 11) is 5.92. The SMILES string of the molecule is CC/C=C\C/C=C\C/C=C\C/C=C\C/C=C\C/C=C\C/C=C\C/C=C\CCCCCCCCCCCCCCC(=O)OC(COC(=O)CCCCCCCCCC/C=C\C/C=C\C/C=C\CCCCCCC)COC(OCC[N+](C)(C)C)C(=O)[O-]. The Hall–Kier alpha value is -4.57. The minimum atomic E-state index is -1.63. The van der Waals surface area contributed by atoms with Crippen molar-refractivity contribution in [1.29, 1.82) is 0 Å². The van der Waals surface area contributed by atoms with Gasteiger partial charge in [0.2, 0.25) is 0 Å². The lowest BCUT2D eigenvalue weighted by molar-refractivity contribution is -0.870. The zero-order chi connectivity index (χ0) is 61.9. The summed E-state index contributed by atoms with van der Waals surface area (Å²) in [6.07, 6.45) is 90.9. The van der Waals surface area contributed by atoms with Crippen LogP contribution in [0.4, 0.5) is 0 Å². The molecule has 0 aliphatic carbocycles. The molecule has 0 N–H and O–H groups in total. The summed E-state index contributed by atoms with van der Waals surface area (Å²) >= 11 is 0. The van der Waals surface area contributed by atoms with Crippen molar-refractivity contribution in [2.75, 3.05) is 47.5 Å². The van der Waals surface area contributed by atoms with Gasteiger partial charge in [0.05, 0.1) is 40.3 Å². The molecule has 0 aromatic heterocycles. The highest BCUT2D eigenvalue weighted by Gasteiger charge is 2.22. The van der Waals surface area contributed by atoms with Crippen molar-refractivity contribution in [1.82, 2.24) is 0 Å². The van der Waals surface area contributed by atoms with Gasteiger partial charge in [0.15, 0.2) is 12.4 Å². The number of esters is 2. The first kappa shape index (κ1) is 80.4. The highest BCUT2D eigenvalue weighted by atomic mass is 16.7. The molecule has 85 heavy (non-hydrogen) atoms. The van der Waals surface area contributed by atoms with E-state index in [9.17, 15) is 19.5 Å². The Labute approximate surface area is 522 Å². The monoisotopic (exact) mass is 1180 g/mol. The summed E-state index contributed by atoms with van der Waals surface area (Å²) in [6.45, 7) is 4.61. The van der Waals surface area contributed by atoms with E-state index in [2.05, 4.69) is 148 Å². The Morgan fingerprint density at radius 2 is 0.671 bits per heavy atom. The average Bonchev–Trinajstić information content (AvgIpc) is 3.48. The molecule has 2 unspecified atom stereocenters. The number of allylic oxidation sites excluding steroid dienone is 22. The van der Waals surface area contributed by atoms with E-state index in [-0.39, 0.29) is 38.6 Å². The van der Waals surface area contributed by atoms with Gasteiger partial charge in [-0.05, 0) is 116 Å². The summed E-state index contributed by atoms with van der Waals surface area (Å²) in [5, 5.41) is 11.8. The van der Waals surface area contributed by atoms with Crippen molar-refractivity contribution >= 4 is 17.9 Å². The van der Waals surface area contributed by atoms with Crippen LogP contribution in [0.25, 0.3) is 0 Å². The average molecular weight is 1180 g/mol. The molecule has 0 bridgehead atoms. The van der Waals surface area contributed by atoms with Gasteiger partial charge in [-0.15, -0.1) is 0 Å². The van der Waals surface area contributed by atoms with Crippen molar-refractivity contribution < 1.29 is 42.9 Å². The van der Waals surface area contributed by atoms with Crippen LogP contribution in [0.3, 0.4) is 0 Å². The number of nitrogens with zero attached hydrogens (tertiary/aromatic N) is 1. The molecule has 0 radical (unpaired) electrons. The fraction of sp³-hybridized carbons (Fsp3) is 0.671. The predicted octanol–water partition coefficient (Wildman–Crippen LogP) is 20.0. The van der Waals surface area contributed by atoms with E-state index >= 15 is 0 Å². The van der Waals surface area contributed by atoms with Crippen LogP contribution in [-0.2, 0) is 33.3 Å². The Balaban J connectivity index is 4.17. The van der Waals surface area contributed by atoms with Crippen LogP contribution in [0.5, 0.6) is 0 Å². The van der Waals surface area contributed by atoms with Gasteiger partial charge >= 0.3 is 11.9 Å². The highest BCUT2D eigenvalue weighted by Crippen LogP contribution is 2.16. The number of carbonyl (C=O) groups excluding carboxylic acids is 3. The zero-order valence-electron chi connectivity index (χ0n) is 55.2. The first-order valence-electron chi connectivity index (χ1n) is 34.3. The Morgan fingerprint density at radius 3 is 1.00 bits per heavy atom. The molecule has 0 aliphatic heterocycles. The van der Waals surface area contributed by atoms with Crippen molar-refractivity contribution in [3.63, 3.8) is 0 Å². The second-order valence-corrected chi connectivity index (χ2v) is 23.7. The molecule has 0 spiro atoms. The zero-order valence-corrected chi connectivity index (χ0v) is 55.2. The van der Waals surface area contributed by atoms with Crippen LogP contribution in [-0.4, -0.2) is 82.3 Å². The topological polar surface area (TPSA) is 111 Å². The molecule has 484 valence electrons. The third kappa shape index (κ3) is 66.8. The summed E-state index contributed by atoms with van der Waals surface area (Å²) in [5.74, 6) is -2.30. The van der Waals surface area contributed by atoms with Crippen molar-refractivity contribution in [2.45, 2.75) is 283 Å². The van der Waals surface area contributed by atoms with E-state index in [1.165, 1.54) is 122 Å². The predicted molar refractivity (Wildman–Crippen MR) is 361 cm³/mol. The minimum Gasteiger partial charge on any atom is -0.545 e. The largest absolute Gasteiger partial charge is 0.545 e. The summed E-state index contributed by atoms with van der Waals surface area (Å²) in [5.41, 5.74) is 0. The first-order valence-corrected chi connectivity index (χ1v) is 34.3. The maximum atomic E-state index is 12.9. The lowest BCUT2D eigenvalue weighted by atomic mass is 10.0. The van der Waals surface area contributed by atoms with Gasteiger partial charge in [-0.25, -0.2) is 0 Å². The summed E-state index contributed by atoms with van der Waals surface area (Å²) in [4.78, 5) is 37.5. The van der Waals surface area contributed by atoms with Crippen LogP contribution < -0.4 is 5.11 Å². The van der Waals surface area contributed by atoms with E-state index in [0.717, 1.165) is 116 Å². The number of hydrogen-bond acceptors (Lipinski definition) is 8. The number of quaternary nitrogens is 1. The number of hydrogen-bond donors (Lipinski definition) is 0. The molecular formula is C76H127NO8. The maximum Gasteiger partial charge on any atom is 0.306 e. The van der Waals surface area contributed by atoms with Crippen LogP contribution in [0.1, 0.15) is 271 Å². The second-order valence-electron chi connectivity index (χ2n) is 23.7. The third-order valence-electron chi connectivity index (χ3n) is 14.4. The van der Waals surface area contributed by atoms with E-state index in [1.54, 1.807) is 0 Å². The smallest absolute Gasteiger partial charge is 0.306 e. The Morgan fingerprint density at radius 1 is 0.365 bits per heavy atom. The van der Waals surface area contributed by atoms with Crippen molar-refractivity contribution in [2.24, 2.45) is 0 Å². The molecule has 0 rings (SSSR count). The molecule has 0 aromatic carbocycles. The molecule has 0 saturated carbocycles. The van der Waals surface area contributed by atoms with Gasteiger partial charge in [-0.3, -0.25) is 9.59 Å². The van der Waals surface area contributed by atoms with Crippen LogP contribution in [0.2, 0.25) is 0 Å². The van der Waals surface area contributed by atoms with Gasteiger partial charge < -0.3 is 33.3 Å². The number of aliphatic carboxylic acids is 1. The quantitative estimate of drug-likeness (QED) is 0.0195. The van der Waals surface area contributed by atoms with Crippen LogP contribution >= 0.6 is 0 Å². The van der Waals surface area contributed by atoms with Crippen molar-refractivity contribution in [3.8, 4) is 0 Å². The van der Waals surface area contributed by atoms with Gasteiger partial charge in [0, 0.05) is 12.8 Å². The van der Waals surface area contributed by atoms with Gasteiger partial charge in [-0.1, -0.05) is 276 Å². The Bertz CT molecular complexity index is 1860. The minimum absolute atomic E-state index is 0.140. The van der Waals surface area contributed by atoms with Gasteiger partial charge in [-0.2, -0.15) is 0 Å². The van der Waals surface area contributed by atoms with Crippen LogP contribution in [0.15, 0.2) is 134 Å². The standard InChI is InChI=1S/C76H127NO8/c1-6-8-10-12-14-16-18-20-22-24-26-28-30-31-32-33-34-35-36-37-38-39-40-41-42-43-45-47-49-51-53-55-57-59-61-63-65-67-74(79)85-72(71-84-76(75(80)81)82-69-68-77(3,4)5)70-83-73(78)66-64-62-60-58-56-54-52-50-48-46-44-29-27-25-23-21-19-17-15-13-11-9-7-2/h8,10,14,16,19-22,25-28,31-32,34-35,37-38,40-41,44,46,72,76H,6-7,9,11-13,15,17-18,23-24,29-30,33,36,39,42-43,45,47-71H2,1-5H3/b10-8-,16-14-,21-19-,22-20-,27-25-,28-26-,32-31-,35-34-,38-37-,41-40-,46-44-. The molecular weight excluding hydrogens is 1050 g/mol. The number of likely N-dealkylation sites (N-methyl/N-ethyl adjacent to an activating group) is 1. The van der Waals surface area contributed by atoms with E-state index in [4.69, 9.17) is 18.9 Å². The third-order valence-corrected chi connectivity index (χ3v) is 14.4. The lowest BCUT2D eigenvalue weighted by Crippen LogP contribution is -2.44. The van der Waals surface area contributed by atoms with Gasteiger partial charge in [0.25, 0.3) is 0 Å². The molecule has 0 aromatic rings. The molecule has 2 atom stereocenters. The molecule has 0 aliphatic rings. The van der Waals surface area contributed by atoms with Crippen molar-refractivity contribution in [3.05, 3.63) is 134 Å². The summed E-state index contributed by atoms with van der Waals surface area (Å²) < 4.78 is 22.8. The molecule has 0 heterocycles. The highest BCUT2D eigenvalue weighted by molar-refractivity contribution is 5.70. The molecule has 9 nitrogen and oxygen atoms in total. The van der Waals surface area contributed by atoms with E-state index < -0.39 is 24.3 Å². The number of carbonyl (C=O) groups is 3. The molecule has 9 heteroatoms. The molecule has 0 fully saturated rings. The van der Waals surface area contributed by atoms with Gasteiger partial charge in [0.1, 0.15) is 13.2 Å². The number of unbranched alkanes of at least 4 members (excludes halogenated alkanes) is 25. The maximum absolute atomic E-state index is 12.9. The Kier molecular flexibility index (Phi) is 61.9. The normalized spacial score (nSPS) is 13.6. The number of carboxylic acid groups (broad SMARTS) is 1. The fourth-order valence-electron chi connectivity index (χ4n) is 9.15. The first-order chi connectivity index (χ1) is 41.6. The molecule has 0 saturated heterocycles. The second kappa shape index (κ2) is 65.4. The lowest BCUT2D eigenvalue weighted by Gasteiger charge is -2.26.